The lowest BCUT2D eigenvalue weighted by atomic mass is 9.74. The highest BCUT2D eigenvalue weighted by atomic mass is 15.1. The summed E-state index contributed by atoms with van der Waals surface area (Å²) in [5, 5.41) is 0. The third-order valence-corrected chi connectivity index (χ3v) is 14.0. The first kappa shape index (κ1) is 39.7. The number of fused-ring (bicyclic) bond motifs is 6. The molecule has 0 amide bonds. The molecule has 0 spiro atoms. The van der Waals surface area contributed by atoms with Crippen molar-refractivity contribution in [2.45, 2.75) is 84.0 Å². The van der Waals surface area contributed by atoms with E-state index >= 15 is 0 Å². The Morgan fingerprint density at radius 3 is 1.60 bits per heavy atom. The monoisotopic (exact) mass is 803 g/mol. The second kappa shape index (κ2) is 14.3. The largest absolute Gasteiger partial charge is 0.310 e. The van der Waals surface area contributed by atoms with Crippen LogP contribution in [-0.2, 0) is 21.7 Å². The minimum Gasteiger partial charge on any atom is -0.310 e. The van der Waals surface area contributed by atoms with Crippen LogP contribution in [0.15, 0.2) is 182 Å². The van der Waals surface area contributed by atoms with Gasteiger partial charge in [-0.1, -0.05) is 207 Å². The molecule has 306 valence electrons. The van der Waals surface area contributed by atoms with Gasteiger partial charge in [-0.3, -0.25) is 0 Å². The van der Waals surface area contributed by atoms with Crippen LogP contribution in [0.25, 0.3) is 44.5 Å². The summed E-state index contributed by atoms with van der Waals surface area (Å²) in [6.07, 6.45) is 0. The molecule has 0 radical (unpaired) electrons. The molecule has 0 aromatic heterocycles. The molecule has 0 saturated heterocycles. The number of hydrogen-bond acceptors (Lipinski definition) is 1. The Morgan fingerprint density at radius 1 is 0.371 bits per heavy atom. The fraction of sp³-hybridized carbons (Fsp3) is 0.213. The van der Waals surface area contributed by atoms with Gasteiger partial charge in [0.2, 0.25) is 0 Å². The van der Waals surface area contributed by atoms with Gasteiger partial charge < -0.3 is 4.90 Å². The number of benzene rings is 8. The number of para-hydroxylation sites is 1. The predicted octanol–water partition coefficient (Wildman–Crippen LogP) is 16.7. The molecular formula is C61H57N. The first-order chi connectivity index (χ1) is 29.7. The summed E-state index contributed by atoms with van der Waals surface area (Å²) in [4.78, 5) is 2.52. The third-order valence-electron chi connectivity index (χ3n) is 14.0. The van der Waals surface area contributed by atoms with E-state index in [1.807, 2.05) is 0 Å². The molecule has 2 aliphatic carbocycles. The van der Waals surface area contributed by atoms with Gasteiger partial charge in [-0.15, -0.1) is 0 Å². The normalized spacial score (nSPS) is 16.0. The van der Waals surface area contributed by atoms with Crippen LogP contribution in [0.1, 0.15) is 101 Å². The number of rotatable bonds is 6. The van der Waals surface area contributed by atoms with Gasteiger partial charge in [0.15, 0.2) is 0 Å². The van der Waals surface area contributed by atoms with Crippen LogP contribution in [0.4, 0.5) is 17.1 Å². The molecule has 8 aromatic carbocycles. The minimum absolute atomic E-state index is 0.0146. The molecule has 1 heteroatoms. The van der Waals surface area contributed by atoms with Gasteiger partial charge >= 0.3 is 0 Å². The third kappa shape index (κ3) is 6.27. The van der Waals surface area contributed by atoms with Crippen molar-refractivity contribution in [2.75, 3.05) is 4.90 Å². The van der Waals surface area contributed by atoms with Crippen LogP contribution in [0.5, 0.6) is 0 Å². The van der Waals surface area contributed by atoms with Gasteiger partial charge in [0, 0.05) is 27.8 Å². The Kier molecular flexibility index (Phi) is 9.16. The van der Waals surface area contributed by atoms with Crippen LogP contribution in [-0.4, -0.2) is 0 Å². The first-order valence-electron chi connectivity index (χ1n) is 22.3. The number of hydrogen-bond donors (Lipinski definition) is 0. The Labute approximate surface area is 369 Å². The Bertz CT molecular complexity index is 2990. The van der Waals surface area contributed by atoms with Crippen molar-refractivity contribution in [3.8, 4) is 44.5 Å². The van der Waals surface area contributed by atoms with E-state index in [-0.39, 0.29) is 21.7 Å². The van der Waals surface area contributed by atoms with E-state index < -0.39 is 0 Å². The maximum Gasteiger partial charge on any atom is 0.0540 e. The van der Waals surface area contributed by atoms with Crippen LogP contribution < -0.4 is 4.90 Å². The summed E-state index contributed by atoms with van der Waals surface area (Å²) in [5.41, 5.74) is 22.6. The molecule has 0 heterocycles. The zero-order valence-corrected chi connectivity index (χ0v) is 37.8. The van der Waals surface area contributed by atoms with Crippen LogP contribution >= 0.6 is 0 Å². The molecule has 10 rings (SSSR count). The number of anilines is 3. The van der Waals surface area contributed by atoms with Crippen molar-refractivity contribution < 1.29 is 0 Å². The van der Waals surface area contributed by atoms with E-state index in [4.69, 9.17) is 0 Å². The van der Waals surface area contributed by atoms with E-state index in [1.165, 1.54) is 83.5 Å². The smallest absolute Gasteiger partial charge is 0.0540 e. The fourth-order valence-corrected chi connectivity index (χ4v) is 10.6. The lowest BCUT2D eigenvalue weighted by molar-refractivity contribution is 0.569. The molecule has 2 aliphatic rings. The zero-order valence-electron chi connectivity index (χ0n) is 37.8. The quantitative estimate of drug-likeness (QED) is 0.162. The second-order valence-corrected chi connectivity index (χ2v) is 20.4. The van der Waals surface area contributed by atoms with Crippen molar-refractivity contribution >= 4 is 17.1 Å². The van der Waals surface area contributed by atoms with Crippen molar-refractivity contribution in [3.63, 3.8) is 0 Å². The highest BCUT2D eigenvalue weighted by molar-refractivity contribution is 5.94. The van der Waals surface area contributed by atoms with Crippen molar-refractivity contribution in [1.82, 2.24) is 0 Å². The standard InChI is InChI=1S/C61H57N/c1-58(2,3)43-35-41(36-44(38-43)59(4,5)6)47-25-15-18-32-56(47)62(46-33-34-51-49-26-14-17-31-54(49)61(9,55(51)39-46)42-22-11-10-12-23-42)45-24-19-21-40(37-45)48-28-20-29-52-50-27-13-16-30-53(50)60(7,8)57(48)52/h10-39H,1-9H3. The molecule has 1 unspecified atom stereocenters. The summed E-state index contributed by atoms with van der Waals surface area (Å²) in [6, 6.07) is 68.7. The second-order valence-electron chi connectivity index (χ2n) is 20.4. The van der Waals surface area contributed by atoms with Crippen LogP contribution in [0.3, 0.4) is 0 Å². The van der Waals surface area contributed by atoms with Gasteiger partial charge in [-0.05, 0) is 126 Å². The molecule has 1 nitrogen and oxygen atoms in total. The molecule has 0 N–H and O–H groups in total. The molecule has 0 saturated carbocycles. The average molecular weight is 804 g/mol. The number of nitrogens with zero attached hydrogens (tertiary/aromatic N) is 1. The Hall–Kier alpha value is -6.44. The zero-order chi connectivity index (χ0) is 43.2. The summed E-state index contributed by atoms with van der Waals surface area (Å²) < 4.78 is 0. The molecular weight excluding hydrogens is 747 g/mol. The van der Waals surface area contributed by atoms with Crippen molar-refractivity contribution in [3.05, 3.63) is 221 Å². The van der Waals surface area contributed by atoms with Gasteiger partial charge in [0.1, 0.15) is 0 Å². The van der Waals surface area contributed by atoms with E-state index in [0.717, 1.165) is 17.1 Å². The Morgan fingerprint density at radius 2 is 0.903 bits per heavy atom. The maximum absolute atomic E-state index is 2.52. The van der Waals surface area contributed by atoms with Crippen LogP contribution in [0.2, 0.25) is 0 Å². The summed E-state index contributed by atoms with van der Waals surface area (Å²) >= 11 is 0. The van der Waals surface area contributed by atoms with Crippen LogP contribution in [0, 0.1) is 0 Å². The van der Waals surface area contributed by atoms with Gasteiger partial charge in [-0.25, -0.2) is 0 Å². The molecule has 0 fully saturated rings. The molecule has 62 heavy (non-hydrogen) atoms. The highest BCUT2D eigenvalue weighted by Gasteiger charge is 2.41. The lowest BCUT2D eigenvalue weighted by Gasteiger charge is -2.32. The SMILES string of the molecule is CC(C)(C)c1cc(-c2ccccc2N(c2cccc(-c3cccc4c3C(C)(C)c3ccccc3-4)c2)c2ccc3c(c2)C(C)(c2ccccc2)c2ccccc2-3)cc(C(C)(C)C)c1. The highest BCUT2D eigenvalue weighted by Crippen LogP contribution is 2.56. The van der Waals surface area contributed by atoms with Gasteiger partial charge in [0.05, 0.1) is 5.69 Å². The molecule has 0 aliphatic heterocycles. The van der Waals surface area contributed by atoms with E-state index in [0.29, 0.717) is 0 Å². The van der Waals surface area contributed by atoms with Gasteiger partial charge in [0.25, 0.3) is 0 Å². The lowest BCUT2D eigenvalue weighted by Crippen LogP contribution is -2.23. The maximum atomic E-state index is 2.52. The average Bonchev–Trinajstić information content (AvgIpc) is 3.68. The van der Waals surface area contributed by atoms with E-state index in [1.54, 1.807) is 0 Å². The molecule has 1 atom stereocenters. The topological polar surface area (TPSA) is 3.24 Å². The Balaban J connectivity index is 1.22. The minimum atomic E-state index is -0.329. The summed E-state index contributed by atoms with van der Waals surface area (Å²) in [5.74, 6) is 0. The predicted molar refractivity (Wildman–Crippen MR) is 264 cm³/mol. The first-order valence-corrected chi connectivity index (χ1v) is 22.3. The molecule has 8 aromatic rings. The summed E-state index contributed by atoms with van der Waals surface area (Å²) in [6.45, 7) is 21.2. The van der Waals surface area contributed by atoms with E-state index in [2.05, 4.69) is 249 Å². The van der Waals surface area contributed by atoms with Crippen molar-refractivity contribution in [2.24, 2.45) is 0 Å². The molecule has 0 bridgehead atoms. The van der Waals surface area contributed by atoms with Crippen molar-refractivity contribution in [1.29, 1.82) is 0 Å². The van der Waals surface area contributed by atoms with Gasteiger partial charge in [-0.2, -0.15) is 0 Å². The van der Waals surface area contributed by atoms with E-state index in [9.17, 15) is 0 Å². The summed E-state index contributed by atoms with van der Waals surface area (Å²) in [7, 11) is 0. The fourth-order valence-electron chi connectivity index (χ4n) is 10.6.